The van der Waals surface area contributed by atoms with Crippen molar-refractivity contribution in [1.29, 1.82) is 0 Å². The molecule has 112 valence electrons. The average Bonchev–Trinajstić information content (AvgIpc) is 3.03. The van der Waals surface area contributed by atoms with E-state index in [1.807, 2.05) is 30.3 Å². The van der Waals surface area contributed by atoms with Gasteiger partial charge in [-0.05, 0) is 32.5 Å². The minimum atomic E-state index is 0.614. The van der Waals surface area contributed by atoms with E-state index < -0.39 is 0 Å². The van der Waals surface area contributed by atoms with Gasteiger partial charge in [-0.1, -0.05) is 42.4 Å². The van der Waals surface area contributed by atoms with Crippen molar-refractivity contribution >= 4 is 0 Å². The number of rotatable bonds is 5. The maximum Gasteiger partial charge on any atom is 0.241 e. The Labute approximate surface area is 125 Å². The summed E-state index contributed by atoms with van der Waals surface area (Å²) in [6.07, 6.45) is 2.38. The Morgan fingerprint density at radius 1 is 1.24 bits per heavy atom. The standard InChI is InChI=1S/C16H22N4O/c1-2-20(14-8-10-17-11-9-14)12-15-18-16(19-21-15)13-6-4-3-5-7-13/h3-7,14,17H,2,8-12H2,1H3. The summed E-state index contributed by atoms with van der Waals surface area (Å²) in [6.45, 7) is 6.13. The van der Waals surface area contributed by atoms with Crippen molar-refractivity contribution in [2.45, 2.75) is 32.4 Å². The number of nitrogens with one attached hydrogen (secondary N) is 1. The lowest BCUT2D eigenvalue weighted by Crippen LogP contribution is -2.42. The highest BCUT2D eigenvalue weighted by molar-refractivity contribution is 5.53. The van der Waals surface area contributed by atoms with E-state index in [4.69, 9.17) is 4.52 Å². The molecule has 3 rings (SSSR count). The highest BCUT2D eigenvalue weighted by atomic mass is 16.5. The van der Waals surface area contributed by atoms with E-state index in [9.17, 15) is 0 Å². The molecule has 2 heterocycles. The Bertz CT molecular complexity index is 548. The van der Waals surface area contributed by atoms with Crippen LogP contribution >= 0.6 is 0 Å². The van der Waals surface area contributed by atoms with Crippen molar-refractivity contribution in [3.8, 4) is 11.4 Å². The predicted molar refractivity (Wildman–Crippen MR) is 81.7 cm³/mol. The van der Waals surface area contributed by atoms with Gasteiger partial charge >= 0.3 is 0 Å². The molecular formula is C16H22N4O. The molecule has 0 saturated carbocycles. The Hall–Kier alpha value is -1.72. The van der Waals surface area contributed by atoms with Gasteiger partial charge in [0.25, 0.3) is 0 Å². The maximum absolute atomic E-state index is 5.42. The molecule has 1 aromatic heterocycles. The number of aromatic nitrogens is 2. The van der Waals surface area contributed by atoms with Crippen LogP contribution in [0.2, 0.25) is 0 Å². The molecule has 2 aromatic rings. The zero-order valence-electron chi connectivity index (χ0n) is 12.5. The van der Waals surface area contributed by atoms with E-state index >= 15 is 0 Å². The van der Waals surface area contributed by atoms with Gasteiger partial charge in [-0.3, -0.25) is 4.90 Å². The minimum Gasteiger partial charge on any atom is -0.338 e. The third kappa shape index (κ3) is 3.49. The molecule has 5 nitrogen and oxygen atoms in total. The van der Waals surface area contributed by atoms with Gasteiger partial charge in [0.15, 0.2) is 0 Å². The first-order chi connectivity index (χ1) is 10.4. The fraction of sp³-hybridized carbons (Fsp3) is 0.500. The lowest BCUT2D eigenvalue weighted by Gasteiger charge is -2.32. The minimum absolute atomic E-state index is 0.614. The molecule has 0 amide bonds. The summed E-state index contributed by atoms with van der Waals surface area (Å²) in [5, 5.41) is 7.50. The number of benzene rings is 1. The second-order valence-corrected chi connectivity index (χ2v) is 5.42. The summed E-state index contributed by atoms with van der Waals surface area (Å²) in [5.74, 6) is 1.38. The van der Waals surface area contributed by atoms with Gasteiger partial charge in [-0.2, -0.15) is 4.98 Å². The highest BCUT2D eigenvalue weighted by Crippen LogP contribution is 2.18. The summed E-state index contributed by atoms with van der Waals surface area (Å²) >= 11 is 0. The second-order valence-electron chi connectivity index (χ2n) is 5.42. The van der Waals surface area contributed by atoms with Gasteiger partial charge in [0.2, 0.25) is 11.7 Å². The zero-order chi connectivity index (χ0) is 14.5. The summed E-state index contributed by atoms with van der Waals surface area (Å²) < 4.78 is 5.42. The Balaban J connectivity index is 1.68. The topological polar surface area (TPSA) is 54.2 Å². The SMILES string of the molecule is CCN(Cc1nc(-c2ccccc2)no1)C1CCNCC1. The molecule has 0 atom stereocenters. The molecular weight excluding hydrogens is 264 g/mol. The number of hydrogen-bond acceptors (Lipinski definition) is 5. The van der Waals surface area contributed by atoms with Crippen molar-refractivity contribution in [1.82, 2.24) is 20.4 Å². The number of nitrogens with zero attached hydrogens (tertiary/aromatic N) is 3. The van der Waals surface area contributed by atoms with Crippen molar-refractivity contribution < 1.29 is 4.52 Å². The number of hydrogen-bond donors (Lipinski definition) is 1. The Kier molecular flexibility index (Phi) is 4.62. The Morgan fingerprint density at radius 2 is 2.00 bits per heavy atom. The van der Waals surface area contributed by atoms with Crippen LogP contribution in [0.5, 0.6) is 0 Å². The number of piperidine rings is 1. The third-order valence-electron chi connectivity index (χ3n) is 4.07. The molecule has 0 unspecified atom stereocenters. The molecule has 1 N–H and O–H groups in total. The van der Waals surface area contributed by atoms with E-state index in [0.717, 1.165) is 31.7 Å². The molecule has 0 aliphatic carbocycles. The Morgan fingerprint density at radius 3 is 2.71 bits per heavy atom. The van der Waals surface area contributed by atoms with E-state index in [0.29, 0.717) is 17.8 Å². The van der Waals surface area contributed by atoms with E-state index in [2.05, 4.69) is 27.3 Å². The smallest absolute Gasteiger partial charge is 0.241 e. The fourth-order valence-electron chi connectivity index (χ4n) is 2.87. The second kappa shape index (κ2) is 6.83. The van der Waals surface area contributed by atoms with Crippen LogP contribution in [-0.4, -0.2) is 40.7 Å². The molecule has 21 heavy (non-hydrogen) atoms. The average molecular weight is 286 g/mol. The first kappa shape index (κ1) is 14.2. The first-order valence-electron chi connectivity index (χ1n) is 7.69. The van der Waals surface area contributed by atoms with Crippen molar-refractivity contribution in [2.24, 2.45) is 0 Å². The van der Waals surface area contributed by atoms with Crippen LogP contribution in [0.15, 0.2) is 34.9 Å². The third-order valence-corrected chi connectivity index (χ3v) is 4.07. The van der Waals surface area contributed by atoms with E-state index in [1.54, 1.807) is 0 Å². The molecule has 0 spiro atoms. The molecule has 0 radical (unpaired) electrons. The molecule has 1 aromatic carbocycles. The molecule has 1 aliphatic rings. The first-order valence-corrected chi connectivity index (χ1v) is 7.69. The largest absolute Gasteiger partial charge is 0.338 e. The van der Waals surface area contributed by atoms with Crippen LogP contribution < -0.4 is 5.32 Å². The van der Waals surface area contributed by atoms with Gasteiger partial charge in [-0.25, -0.2) is 0 Å². The normalized spacial score (nSPS) is 16.5. The predicted octanol–water partition coefficient (Wildman–Crippen LogP) is 2.31. The summed E-state index contributed by atoms with van der Waals surface area (Å²) in [7, 11) is 0. The lowest BCUT2D eigenvalue weighted by atomic mass is 10.0. The van der Waals surface area contributed by atoms with Gasteiger partial charge < -0.3 is 9.84 Å². The van der Waals surface area contributed by atoms with Gasteiger partial charge in [0.1, 0.15) is 0 Å². The quantitative estimate of drug-likeness (QED) is 0.914. The van der Waals surface area contributed by atoms with Gasteiger partial charge in [0.05, 0.1) is 6.54 Å². The molecule has 1 saturated heterocycles. The summed E-state index contributed by atoms with van der Waals surface area (Å²) in [4.78, 5) is 6.96. The van der Waals surface area contributed by atoms with E-state index in [-0.39, 0.29) is 0 Å². The summed E-state index contributed by atoms with van der Waals surface area (Å²) in [5.41, 5.74) is 0.998. The molecule has 1 aliphatic heterocycles. The van der Waals surface area contributed by atoms with Crippen molar-refractivity contribution in [3.05, 3.63) is 36.2 Å². The van der Waals surface area contributed by atoms with Crippen LogP contribution in [0.3, 0.4) is 0 Å². The maximum atomic E-state index is 5.42. The van der Waals surface area contributed by atoms with E-state index in [1.165, 1.54) is 12.8 Å². The van der Waals surface area contributed by atoms with Gasteiger partial charge in [0, 0.05) is 11.6 Å². The van der Waals surface area contributed by atoms with Crippen LogP contribution in [0.1, 0.15) is 25.7 Å². The van der Waals surface area contributed by atoms with Crippen molar-refractivity contribution in [3.63, 3.8) is 0 Å². The van der Waals surface area contributed by atoms with Crippen LogP contribution in [-0.2, 0) is 6.54 Å². The zero-order valence-corrected chi connectivity index (χ0v) is 12.5. The molecule has 1 fully saturated rings. The molecule has 0 bridgehead atoms. The summed E-state index contributed by atoms with van der Waals surface area (Å²) in [6, 6.07) is 10.6. The van der Waals surface area contributed by atoms with Crippen molar-refractivity contribution in [2.75, 3.05) is 19.6 Å². The van der Waals surface area contributed by atoms with Crippen LogP contribution in [0.4, 0.5) is 0 Å². The van der Waals surface area contributed by atoms with Gasteiger partial charge in [-0.15, -0.1) is 0 Å². The lowest BCUT2D eigenvalue weighted by molar-refractivity contribution is 0.144. The van der Waals surface area contributed by atoms with Crippen LogP contribution in [0, 0.1) is 0 Å². The van der Waals surface area contributed by atoms with Crippen LogP contribution in [0.25, 0.3) is 11.4 Å². The monoisotopic (exact) mass is 286 g/mol. The highest BCUT2D eigenvalue weighted by Gasteiger charge is 2.21. The fourth-order valence-corrected chi connectivity index (χ4v) is 2.87. The molecule has 5 heteroatoms.